The van der Waals surface area contributed by atoms with Gasteiger partial charge in [-0.15, -0.1) is 0 Å². The minimum atomic E-state index is -0.429. The molecule has 2 rings (SSSR count). The van der Waals surface area contributed by atoms with Crippen LogP contribution in [-0.4, -0.2) is 11.0 Å². The summed E-state index contributed by atoms with van der Waals surface area (Å²) in [6.07, 6.45) is 0.574. The number of nitrogens with one attached hydrogen (secondary N) is 1. The first-order chi connectivity index (χ1) is 9.95. The van der Waals surface area contributed by atoms with E-state index in [1.54, 1.807) is 18.2 Å². The third-order valence-corrected chi connectivity index (χ3v) is 3.48. The maximum atomic E-state index is 13.1. The molecular weight excluding hydrogens is 339 g/mol. The highest BCUT2D eigenvalue weighted by molar-refractivity contribution is 9.10. The van der Waals surface area contributed by atoms with Crippen LogP contribution in [0.5, 0.6) is 0 Å². The van der Waals surface area contributed by atoms with Crippen molar-refractivity contribution in [2.45, 2.75) is 19.4 Å². The molecule has 0 aliphatic heterocycles. The molecule has 0 aromatic heterocycles. The molecule has 0 saturated heterocycles. The normalized spacial score (nSPS) is 12.0. The van der Waals surface area contributed by atoms with Crippen molar-refractivity contribution in [3.63, 3.8) is 0 Å². The van der Waals surface area contributed by atoms with Crippen LogP contribution in [0, 0.1) is 15.9 Å². The number of nitrogens with zero attached hydrogens (tertiary/aromatic N) is 1. The number of benzene rings is 2. The van der Waals surface area contributed by atoms with Crippen molar-refractivity contribution < 1.29 is 9.31 Å². The van der Waals surface area contributed by atoms with Crippen molar-refractivity contribution in [1.29, 1.82) is 0 Å². The van der Waals surface area contributed by atoms with Gasteiger partial charge in [0.2, 0.25) is 0 Å². The van der Waals surface area contributed by atoms with E-state index in [0.717, 1.165) is 5.56 Å². The van der Waals surface area contributed by atoms with Crippen LogP contribution in [0.25, 0.3) is 0 Å². The van der Waals surface area contributed by atoms with E-state index in [0.29, 0.717) is 16.6 Å². The zero-order chi connectivity index (χ0) is 15.4. The molecule has 110 valence electrons. The van der Waals surface area contributed by atoms with E-state index in [1.165, 1.54) is 18.2 Å². The summed E-state index contributed by atoms with van der Waals surface area (Å²) in [7, 11) is 0. The number of rotatable bonds is 5. The van der Waals surface area contributed by atoms with Crippen molar-refractivity contribution in [3.05, 3.63) is 68.4 Å². The van der Waals surface area contributed by atoms with Gasteiger partial charge in [0.25, 0.3) is 5.69 Å². The van der Waals surface area contributed by atoms with E-state index in [4.69, 9.17) is 0 Å². The molecule has 1 N–H and O–H groups in total. The zero-order valence-electron chi connectivity index (χ0n) is 11.3. The van der Waals surface area contributed by atoms with Crippen molar-refractivity contribution in [1.82, 2.24) is 0 Å². The van der Waals surface area contributed by atoms with Crippen LogP contribution in [0.4, 0.5) is 15.8 Å². The van der Waals surface area contributed by atoms with Gasteiger partial charge in [-0.2, -0.15) is 0 Å². The molecule has 0 radical (unpaired) electrons. The van der Waals surface area contributed by atoms with Crippen LogP contribution >= 0.6 is 15.9 Å². The SMILES string of the molecule is CC(Cc1cccc(F)c1)Nc1ccc(Br)cc1[N+](=O)[O-]. The molecule has 0 heterocycles. The fourth-order valence-corrected chi connectivity index (χ4v) is 2.46. The molecule has 0 aliphatic carbocycles. The molecule has 0 amide bonds. The van der Waals surface area contributed by atoms with Gasteiger partial charge in [0.05, 0.1) is 4.92 Å². The molecule has 2 aromatic rings. The second-order valence-corrected chi connectivity index (χ2v) is 5.71. The first-order valence-electron chi connectivity index (χ1n) is 6.40. The monoisotopic (exact) mass is 352 g/mol. The summed E-state index contributed by atoms with van der Waals surface area (Å²) in [6.45, 7) is 1.90. The van der Waals surface area contributed by atoms with Crippen LogP contribution in [-0.2, 0) is 6.42 Å². The van der Waals surface area contributed by atoms with Gasteiger partial charge < -0.3 is 5.32 Å². The quantitative estimate of drug-likeness (QED) is 0.634. The predicted molar refractivity (Wildman–Crippen MR) is 84.0 cm³/mol. The van der Waals surface area contributed by atoms with Gasteiger partial charge in [0, 0.05) is 16.6 Å². The molecule has 6 heteroatoms. The van der Waals surface area contributed by atoms with E-state index < -0.39 is 4.92 Å². The summed E-state index contributed by atoms with van der Waals surface area (Å²) < 4.78 is 13.8. The maximum absolute atomic E-state index is 13.1. The lowest BCUT2D eigenvalue weighted by atomic mass is 10.1. The van der Waals surface area contributed by atoms with Gasteiger partial charge >= 0.3 is 0 Å². The highest BCUT2D eigenvalue weighted by atomic mass is 79.9. The Bertz CT molecular complexity index is 664. The lowest BCUT2D eigenvalue weighted by Gasteiger charge is -2.15. The molecule has 0 saturated carbocycles. The van der Waals surface area contributed by atoms with Gasteiger partial charge in [0.1, 0.15) is 11.5 Å². The largest absolute Gasteiger partial charge is 0.377 e. The number of nitro benzene ring substituents is 1. The number of anilines is 1. The number of hydrogen-bond acceptors (Lipinski definition) is 3. The van der Waals surface area contributed by atoms with Gasteiger partial charge in [-0.25, -0.2) is 4.39 Å². The average Bonchev–Trinajstić information content (AvgIpc) is 2.40. The number of hydrogen-bond donors (Lipinski definition) is 1. The summed E-state index contributed by atoms with van der Waals surface area (Å²) in [5.74, 6) is -0.283. The van der Waals surface area contributed by atoms with Crippen molar-refractivity contribution in [2.75, 3.05) is 5.32 Å². The number of nitro groups is 1. The van der Waals surface area contributed by atoms with Crippen LogP contribution in [0.15, 0.2) is 46.9 Å². The van der Waals surface area contributed by atoms with Crippen LogP contribution in [0.2, 0.25) is 0 Å². The molecule has 0 bridgehead atoms. The second kappa shape index (κ2) is 6.67. The molecule has 2 aromatic carbocycles. The molecule has 1 unspecified atom stereocenters. The molecule has 1 atom stereocenters. The summed E-state index contributed by atoms with van der Waals surface area (Å²) >= 11 is 3.22. The summed E-state index contributed by atoms with van der Waals surface area (Å²) in [6, 6.07) is 11.1. The van der Waals surface area contributed by atoms with Gasteiger partial charge in [-0.05, 0) is 43.2 Å². The summed E-state index contributed by atoms with van der Waals surface area (Å²) in [5.41, 5.74) is 1.30. The Balaban J connectivity index is 2.12. The minimum absolute atomic E-state index is 0.00969. The Morgan fingerprint density at radius 2 is 2.10 bits per heavy atom. The molecule has 0 fully saturated rings. The fraction of sp³-hybridized carbons (Fsp3) is 0.200. The van der Waals surface area contributed by atoms with E-state index in [2.05, 4.69) is 21.2 Å². The fourth-order valence-electron chi connectivity index (χ4n) is 2.11. The van der Waals surface area contributed by atoms with E-state index in [9.17, 15) is 14.5 Å². The molecule has 0 spiro atoms. The molecule has 4 nitrogen and oxygen atoms in total. The minimum Gasteiger partial charge on any atom is -0.377 e. The van der Waals surface area contributed by atoms with Crippen LogP contribution in [0.1, 0.15) is 12.5 Å². The van der Waals surface area contributed by atoms with Crippen molar-refractivity contribution >= 4 is 27.3 Å². The first kappa shape index (κ1) is 15.4. The lowest BCUT2D eigenvalue weighted by molar-refractivity contribution is -0.384. The predicted octanol–water partition coefficient (Wildman–Crippen LogP) is 4.54. The molecule has 0 aliphatic rings. The van der Waals surface area contributed by atoms with Crippen molar-refractivity contribution in [2.24, 2.45) is 0 Å². The van der Waals surface area contributed by atoms with Gasteiger partial charge in [-0.1, -0.05) is 28.1 Å². The summed E-state index contributed by atoms with van der Waals surface area (Å²) in [5, 5.41) is 14.2. The highest BCUT2D eigenvalue weighted by Crippen LogP contribution is 2.28. The molecular formula is C15H14BrFN2O2. The number of halogens is 2. The third-order valence-electron chi connectivity index (χ3n) is 2.99. The van der Waals surface area contributed by atoms with E-state index in [1.807, 2.05) is 13.0 Å². The average molecular weight is 353 g/mol. The summed E-state index contributed by atoms with van der Waals surface area (Å²) in [4.78, 5) is 10.6. The van der Waals surface area contributed by atoms with Crippen LogP contribution < -0.4 is 5.32 Å². The standard InChI is InChI=1S/C15H14BrFN2O2/c1-10(7-11-3-2-4-13(17)8-11)18-14-6-5-12(16)9-15(14)19(20)21/h2-6,8-10,18H,7H2,1H3. The topological polar surface area (TPSA) is 55.2 Å². The lowest BCUT2D eigenvalue weighted by Crippen LogP contribution is -2.18. The maximum Gasteiger partial charge on any atom is 0.293 e. The Hall–Kier alpha value is -1.95. The Kier molecular flexibility index (Phi) is 4.90. The highest BCUT2D eigenvalue weighted by Gasteiger charge is 2.16. The van der Waals surface area contributed by atoms with Gasteiger partial charge in [-0.3, -0.25) is 10.1 Å². The Morgan fingerprint density at radius 3 is 2.76 bits per heavy atom. The zero-order valence-corrected chi connectivity index (χ0v) is 12.9. The van der Waals surface area contributed by atoms with Gasteiger partial charge in [0.15, 0.2) is 0 Å². The van der Waals surface area contributed by atoms with E-state index >= 15 is 0 Å². The van der Waals surface area contributed by atoms with E-state index in [-0.39, 0.29) is 17.5 Å². The van der Waals surface area contributed by atoms with Crippen molar-refractivity contribution in [3.8, 4) is 0 Å². The first-order valence-corrected chi connectivity index (χ1v) is 7.20. The van der Waals surface area contributed by atoms with Crippen LogP contribution in [0.3, 0.4) is 0 Å². The Morgan fingerprint density at radius 1 is 1.33 bits per heavy atom. The second-order valence-electron chi connectivity index (χ2n) is 4.80. The Labute approximate surface area is 130 Å². The third kappa shape index (κ3) is 4.26. The smallest absolute Gasteiger partial charge is 0.293 e. The molecule has 21 heavy (non-hydrogen) atoms.